The lowest BCUT2D eigenvalue weighted by Gasteiger charge is -2.06. The molecule has 0 spiro atoms. The van der Waals surface area contributed by atoms with Gasteiger partial charge in [0.05, 0.1) is 23.3 Å². The highest BCUT2D eigenvalue weighted by molar-refractivity contribution is 6.03. The van der Waals surface area contributed by atoms with E-state index >= 15 is 0 Å². The molecule has 18 heavy (non-hydrogen) atoms. The average Bonchev–Trinajstić information content (AvgIpc) is 2.34. The third-order valence-corrected chi connectivity index (χ3v) is 2.15. The number of rotatable bonds is 5. The first kappa shape index (κ1) is 13.7. The molecule has 0 radical (unpaired) electrons. The summed E-state index contributed by atoms with van der Waals surface area (Å²) in [5.74, 6) is -3.44. The third kappa shape index (κ3) is 3.07. The lowest BCUT2D eigenvalue weighted by molar-refractivity contribution is 0.0504. The van der Waals surface area contributed by atoms with Crippen molar-refractivity contribution in [2.45, 2.75) is 13.3 Å². The highest BCUT2D eigenvalue weighted by Gasteiger charge is 2.18. The summed E-state index contributed by atoms with van der Waals surface area (Å²) >= 11 is 0. The molecule has 0 saturated heterocycles. The molecule has 6 nitrogen and oxygen atoms in total. The zero-order valence-corrected chi connectivity index (χ0v) is 9.67. The molecule has 0 aliphatic heterocycles. The molecule has 0 saturated carbocycles. The fourth-order valence-electron chi connectivity index (χ4n) is 1.31. The van der Waals surface area contributed by atoms with Crippen LogP contribution in [0.5, 0.6) is 0 Å². The van der Waals surface area contributed by atoms with E-state index in [1.807, 2.05) is 6.92 Å². The normalized spacial score (nSPS) is 9.83. The number of esters is 1. The van der Waals surface area contributed by atoms with Gasteiger partial charge < -0.3 is 14.9 Å². The van der Waals surface area contributed by atoms with Crippen molar-refractivity contribution in [3.63, 3.8) is 0 Å². The van der Waals surface area contributed by atoms with Crippen molar-refractivity contribution >= 4 is 17.9 Å². The Morgan fingerprint density at radius 3 is 2.22 bits per heavy atom. The average molecular weight is 252 g/mol. The van der Waals surface area contributed by atoms with Crippen LogP contribution in [0, 0.1) is 0 Å². The molecule has 0 fully saturated rings. The maximum Gasteiger partial charge on any atom is 0.338 e. The van der Waals surface area contributed by atoms with Gasteiger partial charge in [0, 0.05) is 0 Å². The zero-order chi connectivity index (χ0) is 13.7. The van der Waals surface area contributed by atoms with Crippen molar-refractivity contribution in [1.82, 2.24) is 0 Å². The van der Waals surface area contributed by atoms with Gasteiger partial charge in [0.1, 0.15) is 0 Å². The van der Waals surface area contributed by atoms with E-state index in [0.29, 0.717) is 6.42 Å². The van der Waals surface area contributed by atoms with Crippen LogP contribution in [0.3, 0.4) is 0 Å². The van der Waals surface area contributed by atoms with E-state index in [0.717, 1.165) is 12.1 Å². The van der Waals surface area contributed by atoms with Crippen LogP contribution < -0.4 is 0 Å². The Morgan fingerprint density at radius 2 is 1.72 bits per heavy atom. The Balaban J connectivity index is 3.11. The number of carboxylic acid groups (broad SMARTS) is 2. The summed E-state index contributed by atoms with van der Waals surface area (Å²) in [5, 5.41) is 17.7. The molecule has 0 bridgehead atoms. The minimum Gasteiger partial charge on any atom is -0.478 e. The van der Waals surface area contributed by atoms with Crippen molar-refractivity contribution in [3.05, 3.63) is 34.9 Å². The van der Waals surface area contributed by atoms with E-state index in [-0.39, 0.29) is 17.7 Å². The van der Waals surface area contributed by atoms with Crippen molar-refractivity contribution in [1.29, 1.82) is 0 Å². The van der Waals surface area contributed by atoms with Crippen LogP contribution >= 0.6 is 0 Å². The second kappa shape index (κ2) is 5.81. The minimum atomic E-state index is -1.41. The fourth-order valence-corrected chi connectivity index (χ4v) is 1.31. The van der Waals surface area contributed by atoms with Gasteiger partial charge in [0.2, 0.25) is 0 Å². The molecule has 0 atom stereocenters. The first-order valence-electron chi connectivity index (χ1n) is 5.25. The number of hydrogen-bond acceptors (Lipinski definition) is 4. The molecule has 0 heterocycles. The predicted octanol–water partition coefficient (Wildman–Crippen LogP) is 1.65. The Bertz CT molecular complexity index is 491. The zero-order valence-electron chi connectivity index (χ0n) is 9.67. The van der Waals surface area contributed by atoms with Crippen molar-refractivity contribution in [2.24, 2.45) is 0 Å². The number of carbonyl (C=O) groups excluding carboxylic acids is 1. The summed E-state index contributed by atoms with van der Waals surface area (Å²) in [5.41, 5.74) is -0.783. The fraction of sp³-hybridized carbons (Fsp3) is 0.250. The number of benzene rings is 1. The standard InChI is InChI=1S/C12H12O6/c1-2-5-18-12(17)7-3-4-8(10(13)14)9(6-7)11(15)16/h3-4,6H,2,5H2,1H3,(H,13,14)(H,15,16). The van der Waals surface area contributed by atoms with Crippen molar-refractivity contribution in [3.8, 4) is 0 Å². The van der Waals surface area contributed by atoms with E-state index < -0.39 is 23.5 Å². The monoisotopic (exact) mass is 252 g/mol. The topological polar surface area (TPSA) is 101 Å². The largest absolute Gasteiger partial charge is 0.478 e. The van der Waals surface area contributed by atoms with Crippen LogP contribution in [-0.4, -0.2) is 34.7 Å². The van der Waals surface area contributed by atoms with Gasteiger partial charge >= 0.3 is 17.9 Å². The summed E-state index contributed by atoms with van der Waals surface area (Å²) in [4.78, 5) is 33.2. The van der Waals surface area contributed by atoms with E-state index in [1.165, 1.54) is 6.07 Å². The molecule has 0 aliphatic carbocycles. The maximum absolute atomic E-state index is 11.5. The summed E-state index contributed by atoms with van der Waals surface area (Å²) in [6.45, 7) is 2.05. The van der Waals surface area contributed by atoms with Gasteiger partial charge in [-0.05, 0) is 24.6 Å². The molecule has 1 aromatic carbocycles. The molecule has 0 aromatic heterocycles. The number of ether oxygens (including phenoxy) is 1. The summed E-state index contributed by atoms with van der Waals surface area (Å²) in [6.07, 6.45) is 0.644. The molecule has 0 aliphatic rings. The molecule has 1 aromatic rings. The Labute approximate surface area is 103 Å². The second-order valence-electron chi connectivity index (χ2n) is 3.51. The van der Waals surface area contributed by atoms with E-state index in [4.69, 9.17) is 14.9 Å². The van der Waals surface area contributed by atoms with Crippen LogP contribution in [0.4, 0.5) is 0 Å². The predicted molar refractivity (Wildman–Crippen MR) is 60.9 cm³/mol. The summed E-state index contributed by atoms with van der Waals surface area (Å²) in [7, 11) is 0. The molecule has 96 valence electrons. The highest BCUT2D eigenvalue weighted by atomic mass is 16.5. The van der Waals surface area contributed by atoms with Crippen molar-refractivity contribution < 1.29 is 29.3 Å². The van der Waals surface area contributed by atoms with Gasteiger partial charge in [-0.15, -0.1) is 0 Å². The number of aromatic carboxylic acids is 2. The van der Waals surface area contributed by atoms with Gasteiger partial charge in [-0.25, -0.2) is 14.4 Å². The first-order valence-corrected chi connectivity index (χ1v) is 5.25. The molecular weight excluding hydrogens is 240 g/mol. The van der Waals surface area contributed by atoms with Gasteiger partial charge in [0.15, 0.2) is 0 Å². The highest BCUT2D eigenvalue weighted by Crippen LogP contribution is 2.13. The van der Waals surface area contributed by atoms with Crippen LogP contribution in [0.25, 0.3) is 0 Å². The third-order valence-electron chi connectivity index (χ3n) is 2.15. The molecule has 1 rings (SSSR count). The van der Waals surface area contributed by atoms with Crippen LogP contribution in [-0.2, 0) is 4.74 Å². The van der Waals surface area contributed by atoms with E-state index in [2.05, 4.69) is 0 Å². The van der Waals surface area contributed by atoms with Crippen LogP contribution in [0.2, 0.25) is 0 Å². The van der Waals surface area contributed by atoms with Gasteiger partial charge in [-0.3, -0.25) is 0 Å². The Kier molecular flexibility index (Phi) is 4.42. The molecule has 6 heteroatoms. The molecule has 2 N–H and O–H groups in total. The number of carbonyl (C=O) groups is 3. The van der Waals surface area contributed by atoms with Gasteiger partial charge in [0.25, 0.3) is 0 Å². The molecule has 0 amide bonds. The van der Waals surface area contributed by atoms with Crippen molar-refractivity contribution in [2.75, 3.05) is 6.61 Å². The van der Waals surface area contributed by atoms with E-state index in [9.17, 15) is 14.4 Å². The Hall–Kier alpha value is -2.37. The molecular formula is C12H12O6. The van der Waals surface area contributed by atoms with Crippen LogP contribution in [0.15, 0.2) is 18.2 Å². The number of hydrogen-bond donors (Lipinski definition) is 2. The van der Waals surface area contributed by atoms with E-state index in [1.54, 1.807) is 0 Å². The minimum absolute atomic E-state index is 0.0193. The van der Waals surface area contributed by atoms with Gasteiger partial charge in [-0.2, -0.15) is 0 Å². The van der Waals surface area contributed by atoms with Crippen LogP contribution in [0.1, 0.15) is 44.4 Å². The maximum atomic E-state index is 11.5. The Morgan fingerprint density at radius 1 is 1.11 bits per heavy atom. The summed E-state index contributed by atoms with van der Waals surface area (Å²) < 4.78 is 4.83. The smallest absolute Gasteiger partial charge is 0.338 e. The second-order valence-corrected chi connectivity index (χ2v) is 3.51. The summed E-state index contributed by atoms with van der Waals surface area (Å²) in [6, 6.07) is 3.31. The SMILES string of the molecule is CCCOC(=O)c1ccc(C(=O)O)c(C(=O)O)c1. The number of carboxylic acids is 2. The first-order chi connectivity index (χ1) is 8.47. The quantitative estimate of drug-likeness (QED) is 0.772. The lowest BCUT2D eigenvalue weighted by atomic mass is 10.0. The molecule has 0 unspecified atom stereocenters. The lowest BCUT2D eigenvalue weighted by Crippen LogP contribution is -2.12. The van der Waals surface area contributed by atoms with Gasteiger partial charge in [-0.1, -0.05) is 6.92 Å².